The summed E-state index contributed by atoms with van der Waals surface area (Å²) < 4.78 is 27.7. The number of aromatic nitrogens is 2. The summed E-state index contributed by atoms with van der Waals surface area (Å²) in [6.07, 6.45) is 7.88. The molecule has 0 atom stereocenters. The summed E-state index contributed by atoms with van der Waals surface area (Å²) in [4.78, 5) is 19.0. The second kappa shape index (κ2) is 9.69. The summed E-state index contributed by atoms with van der Waals surface area (Å²) in [5, 5.41) is 2.30. The standard InChI is InChI=1S/C25H28ClN3O3S/c1-18-27-17-23(28(18)2)7-3-19-9-12-29(13-10-19)25(30)11-14-33(31,32)24-8-5-20-15-22(26)6-4-21(20)16-24/h3-8,15-17,19H,9-14H2,1-2H3. The van der Waals surface area contributed by atoms with E-state index >= 15 is 0 Å². The zero-order chi connectivity index (χ0) is 23.6. The molecule has 1 aliphatic rings. The Morgan fingerprint density at radius 2 is 1.85 bits per heavy atom. The van der Waals surface area contributed by atoms with E-state index in [1.165, 1.54) is 0 Å². The number of nitrogens with zero attached hydrogens (tertiary/aromatic N) is 3. The van der Waals surface area contributed by atoms with Crippen LogP contribution in [0.4, 0.5) is 0 Å². The van der Waals surface area contributed by atoms with Crippen molar-refractivity contribution >= 4 is 44.2 Å². The number of carbonyl (C=O) groups is 1. The number of likely N-dealkylation sites (tertiary alicyclic amines) is 1. The average molecular weight is 486 g/mol. The van der Waals surface area contributed by atoms with E-state index in [2.05, 4.69) is 17.1 Å². The first-order valence-corrected chi connectivity index (χ1v) is 13.1. The maximum atomic E-state index is 12.8. The Balaban J connectivity index is 1.31. The predicted molar refractivity (Wildman–Crippen MR) is 132 cm³/mol. The summed E-state index contributed by atoms with van der Waals surface area (Å²) in [6, 6.07) is 10.3. The van der Waals surface area contributed by atoms with Crippen molar-refractivity contribution in [3.05, 3.63) is 65.2 Å². The first-order chi connectivity index (χ1) is 15.7. The van der Waals surface area contributed by atoms with Gasteiger partial charge in [-0.3, -0.25) is 4.79 Å². The second-order valence-electron chi connectivity index (χ2n) is 8.59. The third kappa shape index (κ3) is 5.47. The fourth-order valence-corrected chi connectivity index (χ4v) is 5.58. The number of piperidine rings is 1. The van der Waals surface area contributed by atoms with Crippen LogP contribution in [0.5, 0.6) is 0 Å². The summed E-state index contributed by atoms with van der Waals surface area (Å²) >= 11 is 6.00. The molecule has 1 aliphatic heterocycles. The van der Waals surface area contributed by atoms with Gasteiger partial charge in [0.15, 0.2) is 9.84 Å². The first-order valence-electron chi connectivity index (χ1n) is 11.1. The van der Waals surface area contributed by atoms with Crippen molar-refractivity contribution in [1.29, 1.82) is 0 Å². The molecule has 2 aromatic carbocycles. The summed E-state index contributed by atoms with van der Waals surface area (Å²) in [5.41, 5.74) is 1.06. The van der Waals surface area contributed by atoms with Crippen LogP contribution in [0, 0.1) is 12.8 Å². The van der Waals surface area contributed by atoms with Gasteiger partial charge in [0.05, 0.1) is 22.5 Å². The highest BCUT2D eigenvalue weighted by atomic mass is 35.5. The van der Waals surface area contributed by atoms with Crippen LogP contribution in [0.15, 0.2) is 53.6 Å². The molecule has 2 heterocycles. The quantitative estimate of drug-likeness (QED) is 0.509. The maximum absolute atomic E-state index is 12.8. The lowest BCUT2D eigenvalue weighted by Gasteiger charge is -2.30. The van der Waals surface area contributed by atoms with Gasteiger partial charge in [-0.05, 0) is 66.8 Å². The van der Waals surface area contributed by atoms with Gasteiger partial charge in [-0.15, -0.1) is 0 Å². The Morgan fingerprint density at radius 1 is 1.15 bits per heavy atom. The third-order valence-electron chi connectivity index (χ3n) is 6.41. The normalized spacial score (nSPS) is 15.5. The number of fused-ring (bicyclic) bond motifs is 1. The molecule has 1 saturated heterocycles. The van der Waals surface area contributed by atoms with E-state index < -0.39 is 9.84 Å². The molecule has 8 heteroatoms. The molecule has 1 fully saturated rings. The van der Waals surface area contributed by atoms with Crippen LogP contribution in [0.25, 0.3) is 16.8 Å². The first kappa shape index (κ1) is 23.5. The number of aryl methyl sites for hydroxylation is 1. The number of benzene rings is 2. The molecule has 0 aliphatic carbocycles. The predicted octanol–water partition coefficient (Wildman–Crippen LogP) is 4.65. The Bertz CT molecular complexity index is 1310. The number of hydrogen-bond acceptors (Lipinski definition) is 4. The van der Waals surface area contributed by atoms with Crippen LogP contribution < -0.4 is 0 Å². The Hall–Kier alpha value is -2.64. The van der Waals surface area contributed by atoms with Gasteiger partial charge in [0.2, 0.25) is 5.91 Å². The van der Waals surface area contributed by atoms with Gasteiger partial charge < -0.3 is 9.47 Å². The molecule has 0 unspecified atom stereocenters. The number of hydrogen-bond donors (Lipinski definition) is 0. The lowest BCUT2D eigenvalue weighted by molar-refractivity contribution is -0.131. The molecule has 33 heavy (non-hydrogen) atoms. The van der Waals surface area contributed by atoms with E-state index in [9.17, 15) is 13.2 Å². The monoisotopic (exact) mass is 485 g/mol. The zero-order valence-corrected chi connectivity index (χ0v) is 20.4. The Morgan fingerprint density at radius 3 is 2.55 bits per heavy atom. The molecule has 6 nitrogen and oxygen atoms in total. The largest absolute Gasteiger partial charge is 0.343 e. The summed E-state index contributed by atoms with van der Waals surface area (Å²) in [7, 11) is -1.56. The van der Waals surface area contributed by atoms with E-state index in [4.69, 9.17) is 11.6 Å². The molecule has 174 valence electrons. The van der Waals surface area contributed by atoms with Gasteiger partial charge in [0, 0.05) is 31.6 Å². The smallest absolute Gasteiger partial charge is 0.223 e. The molecule has 0 spiro atoms. The number of amides is 1. The Labute approximate surface area is 199 Å². The molecule has 3 aromatic rings. The van der Waals surface area contributed by atoms with Crippen molar-refractivity contribution in [2.24, 2.45) is 13.0 Å². The topological polar surface area (TPSA) is 72.3 Å². The summed E-state index contributed by atoms with van der Waals surface area (Å²) in [6.45, 7) is 3.27. The van der Waals surface area contributed by atoms with Gasteiger partial charge in [-0.2, -0.15) is 0 Å². The highest BCUT2D eigenvalue weighted by molar-refractivity contribution is 7.91. The van der Waals surface area contributed by atoms with E-state index in [0.29, 0.717) is 24.0 Å². The number of rotatable bonds is 6. The highest BCUT2D eigenvalue weighted by Gasteiger charge is 2.24. The third-order valence-corrected chi connectivity index (χ3v) is 8.35. The van der Waals surface area contributed by atoms with E-state index in [0.717, 1.165) is 35.1 Å². The zero-order valence-electron chi connectivity index (χ0n) is 18.9. The SMILES string of the molecule is Cc1ncc(C=CC2CCN(C(=O)CCS(=O)(=O)c3ccc4cc(Cl)ccc4c3)CC2)n1C. The lowest BCUT2D eigenvalue weighted by Crippen LogP contribution is -2.38. The van der Waals surface area contributed by atoms with Crippen LogP contribution >= 0.6 is 11.6 Å². The maximum Gasteiger partial charge on any atom is 0.223 e. The molecular weight excluding hydrogens is 458 g/mol. The molecule has 0 saturated carbocycles. The van der Waals surface area contributed by atoms with E-state index in [1.54, 1.807) is 41.3 Å². The second-order valence-corrected chi connectivity index (χ2v) is 11.1. The molecular formula is C25H28ClN3O3S. The molecule has 4 rings (SSSR count). The minimum absolute atomic E-state index is 0.00418. The summed E-state index contributed by atoms with van der Waals surface area (Å²) in [5.74, 6) is 1.08. The van der Waals surface area contributed by atoms with Crippen LogP contribution in [0.3, 0.4) is 0 Å². The van der Waals surface area contributed by atoms with Crippen molar-refractivity contribution in [3.63, 3.8) is 0 Å². The van der Waals surface area contributed by atoms with Gasteiger partial charge >= 0.3 is 0 Å². The number of halogens is 1. The molecule has 0 radical (unpaired) electrons. The molecule has 0 N–H and O–H groups in total. The number of allylic oxidation sites excluding steroid dienone is 1. The molecule has 1 aromatic heterocycles. The van der Waals surface area contributed by atoms with Crippen molar-refractivity contribution in [2.75, 3.05) is 18.8 Å². The van der Waals surface area contributed by atoms with Crippen molar-refractivity contribution < 1.29 is 13.2 Å². The van der Waals surface area contributed by atoms with Gasteiger partial charge in [0.25, 0.3) is 0 Å². The fraction of sp³-hybridized carbons (Fsp3) is 0.360. The van der Waals surface area contributed by atoms with Gasteiger partial charge in [0.1, 0.15) is 5.82 Å². The van der Waals surface area contributed by atoms with E-state index in [1.807, 2.05) is 24.7 Å². The molecule has 0 bridgehead atoms. The van der Waals surface area contributed by atoms with Crippen LogP contribution in [0.2, 0.25) is 5.02 Å². The number of imidazole rings is 1. The minimum Gasteiger partial charge on any atom is -0.343 e. The average Bonchev–Trinajstić information content (AvgIpc) is 3.13. The van der Waals surface area contributed by atoms with Crippen molar-refractivity contribution in [3.8, 4) is 0 Å². The van der Waals surface area contributed by atoms with E-state index in [-0.39, 0.29) is 23.0 Å². The van der Waals surface area contributed by atoms with Gasteiger partial charge in [-0.25, -0.2) is 13.4 Å². The van der Waals surface area contributed by atoms with Crippen LogP contribution in [-0.4, -0.2) is 47.6 Å². The Kier molecular flexibility index (Phi) is 6.91. The van der Waals surface area contributed by atoms with Crippen LogP contribution in [0.1, 0.15) is 30.8 Å². The number of carbonyl (C=O) groups excluding carboxylic acids is 1. The fourth-order valence-electron chi connectivity index (χ4n) is 4.14. The lowest BCUT2D eigenvalue weighted by atomic mass is 9.96. The van der Waals surface area contributed by atoms with Crippen LogP contribution in [-0.2, 0) is 21.7 Å². The van der Waals surface area contributed by atoms with Crippen molar-refractivity contribution in [1.82, 2.24) is 14.5 Å². The highest BCUT2D eigenvalue weighted by Crippen LogP contribution is 2.24. The van der Waals surface area contributed by atoms with Crippen molar-refractivity contribution in [2.45, 2.75) is 31.1 Å². The van der Waals surface area contributed by atoms with Gasteiger partial charge in [-0.1, -0.05) is 29.8 Å². The molecule has 1 amide bonds. The number of sulfone groups is 1. The minimum atomic E-state index is -3.55.